The minimum Gasteiger partial charge on any atom is -0.506 e. The Hall–Kier alpha value is -0.740. The molecule has 16 heavy (non-hydrogen) atoms. The van der Waals surface area contributed by atoms with Crippen molar-refractivity contribution >= 4 is 15.9 Å². The molecule has 0 saturated heterocycles. The highest BCUT2D eigenvalue weighted by molar-refractivity contribution is 9.10. The van der Waals surface area contributed by atoms with Gasteiger partial charge in [-0.15, -0.1) is 0 Å². The molecule has 0 aliphatic carbocycles. The molecule has 0 fully saturated rings. The number of hydrogen-bond acceptors (Lipinski definition) is 3. The molecule has 1 atom stereocenters. The van der Waals surface area contributed by atoms with Crippen molar-refractivity contribution in [1.82, 2.24) is 0 Å². The molecule has 3 N–H and O–H groups in total. The average molecular weight is 288 g/mol. The number of ether oxygens (including phenoxy) is 1. The molecule has 0 aliphatic heterocycles. The van der Waals surface area contributed by atoms with E-state index in [0.29, 0.717) is 16.1 Å². The zero-order valence-electron chi connectivity index (χ0n) is 9.83. The van der Waals surface area contributed by atoms with Gasteiger partial charge in [0.25, 0.3) is 0 Å². The molecule has 1 rings (SSSR count). The van der Waals surface area contributed by atoms with Crippen LogP contribution in [0.1, 0.15) is 31.9 Å². The van der Waals surface area contributed by atoms with Crippen molar-refractivity contribution in [2.45, 2.75) is 26.3 Å². The van der Waals surface area contributed by atoms with Gasteiger partial charge in [-0.3, -0.25) is 0 Å². The monoisotopic (exact) mass is 287 g/mol. The first-order chi connectivity index (χ1) is 7.45. The minimum atomic E-state index is -0.175. The molecule has 0 aromatic heterocycles. The molecule has 0 bridgehead atoms. The lowest BCUT2D eigenvalue weighted by atomic mass is 9.97. The Labute approximate surface area is 105 Å². The van der Waals surface area contributed by atoms with Crippen molar-refractivity contribution in [2.24, 2.45) is 11.7 Å². The van der Waals surface area contributed by atoms with Crippen LogP contribution in [0, 0.1) is 5.92 Å². The predicted octanol–water partition coefficient (Wildman–Crippen LogP) is 3.21. The molecule has 0 unspecified atom stereocenters. The van der Waals surface area contributed by atoms with Gasteiger partial charge in [0.05, 0.1) is 11.6 Å². The molecule has 0 saturated carbocycles. The number of halogens is 1. The van der Waals surface area contributed by atoms with Gasteiger partial charge in [-0.25, -0.2) is 0 Å². The summed E-state index contributed by atoms with van der Waals surface area (Å²) in [5.74, 6) is 1.38. The summed E-state index contributed by atoms with van der Waals surface area (Å²) < 4.78 is 5.76. The van der Waals surface area contributed by atoms with Crippen LogP contribution in [0.2, 0.25) is 0 Å². The lowest BCUT2D eigenvalue weighted by Gasteiger charge is -2.17. The molecule has 3 nitrogen and oxygen atoms in total. The minimum absolute atomic E-state index is 0.175. The molecule has 90 valence electrons. The summed E-state index contributed by atoms with van der Waals surface area (Å²) >= 11 is 3.29. The number of rotatable bonds is 4. The standard InChI is InChI=1S/C12H18BrNO2/c1-7(2)4-11(14)9-5-8(16-3)6-10(13)12(9)15/h5-7,11,15H,4,14H2,1-3H3/t11-/m0/s1. The van der Waals surface area contributed by atoms with Gasteiger partial charge in [-0.1, -0.05) is 13.8 Å². The van der Waals surface area contributed by atoms with Crippen LogP contribution in [0.25, 0.3) is 0 Å². The molecular formula is C12H18BrNO2. The lowest BCUT2D eigenvalue weighted by molar-refractivity contribution is 0.405. The van der Waals surface area contributed by atoms with Gasteiger partial charge < -0.3 is 15.6 Å². The van der Waals surface area contributed by atoms with E-state index in [1.165, 1.54) is 0 Å². The Balaban J connectivity index is 3.06. The largest absolute Gasteiger partial charge is 0.506 e. The third kappa shape index (κ3) is 3.12. The molecule has 0 radical (unpaired) electrons. The van der Waals surface area contributed by atoms with E-state index in [0.717, 1.165) is 12.0 Å². The number of hydrogen-bond donors (Lipinski definition) is 2. The van der Waals surface area contributed by atoms with E-state index in [4.69, 9.17) is 10.5 Å². The van der Waals surface area contributed by atoms with Gasteiger partial charge in [0, 0.05) is 11.6 Å². The topological polar surface area (TPSA) is 55.5 Å². The van der Waals surface area contributed by atoms with Crippen LogP contribution in [0.15, 0.2) is 16.6 Å². The van der Waals surface area contributed by atoms with E-state index in [1.54, 1.807) is 19.2 Å². The smallest absolute Gasteiger partial charge is 0.134 e. The van der Waals surface area contributed by atoms with Gasteiger partial charge in [0.1, 0.15) is 11.5 Å². The molecule has 4 heteroatoms. The van der Waals surface area contributed by atoms with E-state index >= 15 is 0 Å². The highest BCUT2D eigenvalue weighted by Gasteiger charge is 2.16. The summed E-state index contributed by atoms with van der Waals surface area (Å²) in [6, 6.07) is 3.33. The number of phenols is 1. The van der Waals surface area contributed by atoms with Crippen LogP contribution in [0.5, 0.6) is 11.5 Å². The highest BCUT2D eigenvalue weighted by atomic mass is 79.9. The summed E-state index contributed by atoms with van der Waals surface area (Å²) in [7, 11) is 1.59. The van der Waals surface area contributed by atoms with Crippen molar-refractivity contribution in [2.75, 3.05) is 7.11 Å². The predicted molar refractivity (Wildman–Crippen MR) is 68.7 cm³/mol. The number of benzene rings is 1. The number of phenolic OH excluding ortho intramolecular Hbond substituents is 1. The first-order valence-electron chi connectivity index (χ1n) is 5.27. The maximum absolute atomic E-state index is 9.92. The zero-order chi connectivity index (χ0) is 12.3. The van der Waals surface area contributed by atoms with Crippen molar-refractivity contribution < 1.29 is 9.84 Å². The highest BCUT2D eigenvalue weighted by Crippen LogP contribution is 2.36. The van der Waals surface area contributed by atoms with Gasteiger partial charge in [-0.2, -0.15) is 0 Å². The maximum atomic E-state index is 9.92. The molecule has 0 spiro atoms. The number of nitrogens with two attached hydrogens (primary N) is 1. The molecule has 0 amide bonds. The number of methoxy groups -OCH3 is 1. The quantitative estimate of drug-likeness (QED) is 0.894. The molecule has 0 heterocycles. The van der Waals surface area contributed by atoms with Crippen LogP contribution < -0.4 is 10.5 Å². The molecule has 0 aliphatic rings. The average Bonchev–Trinajstić information content (AvgIpc) is 2.20. The second kappa shape index (κ2) is 5.55. The fourth-order valence-corrected chi connectivity index (χ4v) is 2.08. The van der Waals surface area contributed by atoms with Crippen LogP contribution in [0.3, 0.4) is 0 Å². The van der Waals surface area contributed by atoms with E-state index < -0.39 is 0 Å². The van der Waals surface area contributed by atoms with Gasteiger partial charge in [-0.05, 0) is 40.4 Å². The number of aromatic hydroxyl groups is 1. The fourth-order valence-electron chi connectivity index (χ4n) is 1.63. The Bertz CT molecular complexity index is 366. The Morgan fingerprint density at radius 3 is 2.56 bits per heavy atom. The summed E-state index contributed by atoms with van der Waals surface area (Å²) in [5, 5.41) is 9.92. The van der Waals surface area contributed by atoms with E-state index in [1.807, 2.05) is 0 Å². The lowest BCUT2D eigenvalue weighted by Crippen LogP contribution is -2.13. The summed E-state index contributed by atoms with van der Waals surface area (Å²) in [5.41, 5.74) is 6.78. The van der Waals surface area contributed by atoms with E-state index in [2.05, 4.69) is 29.8 Å². The Morgan fingerprint density at radius 2 is 2.06 bits per heavy atom. The Morgan fingerprint density at radius 1 is 1.44 bits per heavy atom. The summed E-state index contributed by atoms with van der Waals surface area (Å²) in [6.07, 6.45) is 0.827. The first kappa shape index (κ1) is 13.3. The second-order valence-electron chi connectivity index (χ2n) is 4.28. The zero-order valence-corrected chi connectivity index (χ0v) is 11.4. The normalized spacial score (nSPS) is 12.9. The van der Waals surface area contributed by atoms with Crippen LogP contribution in [0.4, 0.5) is 0 Å². The third-order valence-corrected chi connectivity index (χ3v) is 3.03. The third-order valence-electron chi connectivity index (χ3n) is 2.43. The molecular weight excluding hydrogens is 270 g/mol. The van der Waals surface area contributed by atoms with Crippen molar-refractivity contribution in [1.29, 1.82) is 0 Å². The first-order valence-corrected chi connectivity index (χ1v) is 6.07. The van der Waals surface area contributed by atoms with Gasteiger partial charge >= 0.3 is 0 Å². The summed E-state index contributed by atoms with van der Waals surface area (Å²) in [6.45, 7) is 4.21. The Kier molecular flexibility index (Phi) is 4.62. The van der Waals surface area contributed by atoms with Crippen molar-refractivity contribution in [3.63, 3.8) is 0 Å². The fraction of sp³-hybridized carbons (Fsp3) is 0.500. The maximum Gasteiger partial charge on any atom is 0.134 e. The van der Waals surface area contributed by atoms with Crippen LogP contribution >= 0.6 is 15.9 Å². The van der Waals surface area contributed by atoms with Gasteiger partial charge in [0.2, 0.25) is 0 Å². The van der Waals surface area contributed by atoms with Gasteiger partial charge in [0.15, 0.2) is 0 Å². The van der Waals surface area contributed by atoms with Crippen molar-refractivity contribution in [3.8, 4) is 11.5 Å². The molecule has 1 aromatic carbocycles. The second-order valence-corrected chi connectivity index (χ2v) is 5.14. The van der Waals surface area contributed by atoms with Crippen LogP contribution in [-0.2, 0) is 0 Å². The van der Waals surface area contributed by atoms with E-state index in [-0.39, 0.29) is 11.8 Å². The van der Waals surface area contributed by atoms with Crippen LogP contribution in [-0.4, -0.2) is 12.2 Å². The summed E-state index contributed by atoms with van der Waals surface area (Å²) in [4.78, 5) is 0. The van der Waals surface area contributed by atoms with E-state index in [9.17, 15) is 5.11 Å². The van der Waals surface area contributed by atoms with Crippen molar-refractivity contribution in [3.05, 3.63) is 22.2 Å². The SMILES string of the molecule is COc1cc(Br)c(O)c([C@@H](N)CC(C)C)c1. The molecule has 1 aromatic rings.